The molecule has 6 nitrogen and oxygen atoms in total. The molecule has 1 spiro atoms. The van der Waals surface area contributed by atoms with E-state index < -0.39 is 0 Å². The zero-order valence-electron chi connectivity index (χ0n) is 13.6. The molecule has 4 rings (SSSR count). The van der Waals surface area contributed by atoms with E-state index in [2.05, 4.69) is 10.1 Å². The van der Waals surface area contributed by atoms with Crippen LogP contribution in [0.2, 0.25) is 0 Å². The maximum atomic E-state index is 12.2. The lowest BCUT2D eigenvalue weighted by molar-refractivity contribution is -0.138. The van der Waals surface area contributed by atoms with Crippen molar-refractivity contribution in [2.45, 2.75) is 32.2 Å². The van der Waals surface area contributed by atoms with E-state index in [0.29, 0.717) is 31.1 Å². The number of hydrogen-bond acceptors (Lipinski definition) is 5. The third kappa shape index (κ3) is 3.19. The first kappa shape index (κ1) is 15.3. The zero-order valence-corrected chi connectivity index (χ0v) is 13.6. The Labute approximate surface area is 140 Å². The number of nitrogens with zero attached hydrogens (tertiary/aromatic N) is 3. The fourth-order valence-corrected chi connectivity index (χ4v) is 3.59. The highest BCUT2D eigenvalue weighted by atomic mass is 16.5. The monoisotopic (exact) mass is 327 g/mol. The van der Waals surface area contributed by atoms with Crippen molar-refractivity contribution in [2.75, 3.05) is 19.8 Å². The number of rotatable bonds is 4. The third-order valence-electron chi connectivity index (χ3n) is 4.97. The van der Waals surface area contributed by atoms with Crippen molar-refractivity contribution in [1.29, 1.82) is 0 Å². The molecule has 24 heavy (non-hydrogen) atoms. The van der Waals surface area contributed by atoms with Gasteiger partial charge in [0.25, 0.3) is 0 Å². The largest absolute Gasteiger partial charge is 0.381 e. The van der Waals surface area contributed by atoms with Crippen molar-refractivity contribution in [1.82, 2.24) is 15.0 Å². The Morgan fingerprint density at radius 3 is 2.88 bits per heavy atom. The molecular formula is C18H21N3O3. The van der Waals surface area contributed by atoms with Crippen molar-refractivity contribution in [3.63, 3.8) is 0 Å². The lowest BCUT2D eigenvalue weighted by Gasteiger charge is -2.38. The standard InChI is InChI=1S/C18H21N3O3/c22-17-6-7-18(8-9-23-13-18)12-21(17)11-15-19-16(24-20-15)10-14-4-2-1-3-5-14/h1-5H,6-13H2/t18-/m1/s1. The number of piperidine rings is 1. The van der Waals surface area contributed by atoms with Crippen molar-refractivity contribution in [3.8, 4) is 0 Å². The summed E-state index contributed by atoms with van der Waals surface area (Å²) in [6, 6.07) is 10.0. The summed E-state index contributed by atoms with van der Waals surface area (Å²) >= 11 is 0. The van der Waals surface area contributed by atoms with Gasteiger partial charge in [0.05, 0.1) is 19.6 Å². The number of carbonyl (C=O) groups is 1. The number of hydrogen-bond donors (Lipinski definition) is 0. The van der Waals surface area contributed by atoms with Crippen LogP contribution in [-0.4, -0.2) is 40.7 Å². The average Bonchev–Trinajstić information content (AvgIpc) is 3.22. The van der Waals surface area contributed by atoms with Crippen LogP contribution in [0.25, 0.3) is 0 Å². The number of ether oxygens (including phenoxy) is 1. The minimum atomic E-state index is 0.129. The van der Waals surface area contributed by atoms with Crippen LogP contribution < -0.4 is 0 Å². The molecule has 2 aliphatic rings. The molecular weight excluding hydrogens is 306 g/mol. The van der Waals surface area contributed by atoms with Gasteiger partial charge in [0, 0.05) is 25.0 Å². The van der Waals surface area contributed by atoms with Crippen LogP contribution in [0.3, 0.4) is 0 Å². The fourth-order valence-electron chi connectivity index (χ4n) is 3.59. The summed E-state index contributed by atoms with van der Waals surface area (Å²) in [6.45, 7) is 2.70. The molecule has 2 aromatic rings. The Kier molecular flexibility index (Phi) is 4.06. The van der Waals surface area contributed by atoms with Gasteiger partial charge in [-0.1, -0.05) is 35.5 Å². The van der Waals surface area contributed by atoms with Crippen LogP contribution in [0.5, 0.6) is 0 Å². The van der Waals surface area contributed by atoms with Crippen LogP contribution in [0.4, 0.5) is 0 Å². The van der Waals surface area contributed by atoms with Crippen LogP contribution in [0, 0.1) is 5.41 Å². The third-order valence-corrected chi connectivity index (χ3v) is 4.97. The van der Waals surface area contributed by atoms with Crippen LogP contribution in [0.15, 0.2) is 34.9 Å². The van der Waals surface area contributed by atoms with Crippen LogP contribution in [-0.2, 0) is 22.5 Å². The number of benzene rings is 1. The first-order valence-electron chi connectivity index (χ1n) is 8.43. The maximum Gasteiger partial charge on any atom is 0.231 e. The van der Waals surface area contributed by atoms with Crippen LogP contribution in [0.1, 0.15) is 36.5 Å². The van der Waals surface area contributed by atoms with E-state index in [1.54, 1.807) is 0 Å². The van der Waals surface area contributed by atoms with E-state index in [1.165, 1.54) is 0 Å². The SMILES string of the molecule is O=C1CC[C@@]2(CCOC2)CN1Cc1noc(Cc2ccccc2)n1. The number of aromatic nitrogens is 2. The summed E-state index contributed by atoms with van der Waals surface area (Å²) in [4.78, 5) is 18.5. The number of likely N-dealkylation sites (tertiary alicyclic amines) is 1. The highest BCUT2D eigenvalue weighted by molar-refractivity contribution is 5.77. The molecule has 6 heteroatoms. The second-order valence-electron chi connectivity index (χ2n) is 6.82. The summed E-state index contributed by atoms with van der Waals surface area (Å²) < 4.78 is 10.9. The van der Waals surface area contributed by atoms with E-state index in [0.717, 1.165) is 38.2 Å². The molecule has 1 aromatic carbocycles. The van der Waals surface area contributed by atoms with Gasteiger partial charge in [-0.05, 0) is 18.4 Å². The van der Waals surface area contributed by atoms with Gasteiger partial charge in [-0.3, -0.25) is 4.79 Å². The molecule has 0 saturated carbocycles. The highest BCUT2D eigenvalue weighted by Crippen LogP contribution is 2.38. The Morgan fingerprint density at radius 1 is 1.21 bits per heavy atom. The van der Waals surface area contributed by atoms with Gasteiger partial charge in [0.15, 0.2) is 5.82 Å². The number of amides is 1. The second-order valence-corrected chi connectivity index (χ2v) is 6.82. The second kappa shape index (κ2) is 6.36. The first-order chi connectivity index (χ1) is 11.7. The Morgan fingerprint density at radius 2 is 2.08 bits per heavy atom. The first-order valence-corrected chi connectivity index (χ1v) is 8.43. The molecule has 0 radical (unpaired) electrons. The van der Waals surface area contributed by atoms with Gasteiger partial charge >= 0.3 is 0 Å². The molecule has 2 fully saturated rings. The smallest absolute Gasteiger partial charge is 0.231 e. The van der Waals surface area contributed by atoms with Gasteiger partial charge in [-0.2, -0.15) is 4.98 Å². The lowest BCUT2D eigenvalue weighted by atomic mass is 9.79. The molecule has 3 heterocycles. The molecule has 0 N–H and O–H groups in total. The molecule has 2 saturated heterocycles. The van der Waals surface area contributed by atoms with Gasteiger partial charge in [-0.25, -0.2) is 0 Å². The molecule has 1 aromatic heterocycles. The molecule has 0 aliphatic carbocycles. The minimum absolute atomic E-state index is 0.129. The van der Waals surface area contributed by atoms with Crippen molar-refractivity contribution in [2.24, 2.45) is 5.41 Å². The van der Waals surface area contributed by atoms with Crippen LogP contribution >= 0.6 is 0 Å². The van der Waals surface area contributed by atoms with Gasteiger partial charge in [-0.15, -0.1) is 0 Å². The molecule has 1 atom stereocenters. The Balaban J connectivity index is 1.42. The van der Waals surface area contributed by atoms with E-state index in [-0.39, 0.29) is 11.3 Å². The van der Waals surface area contributed by atoms with E-state index >= 15 is 0 Å². The fraction of sp³-hybridized carbons (Fsp3) is 0.500. The number of carbonyl (C=O) groups excluding carboxylic acids is 1. The summed E-state index contributed by atoms with van der Waals surface area (Å²) in [5.74, 6) is 1.33. The minimum Gasteiger partial charge on any atom is -0.381 e. The maximum absolute atomic E-state index is 12.2. The summed E-state index contributed by atoms with van der Waals surface area (Å²) in [7, 11) is 0. The Hall–Kier alpha value is -2.21. The molecule has 126 valence electrons. The highest BCUT2D eigenvalue weighted by Gasteiger charge is 2.41. The van der Waals surface area contributed by atoms with Gasteiger partial charge in [0.1, 0.15) is 0 Å². The molecule has 2 aliphatic heterocycles. The topological polar surface area (TPSA) is 68.5 Å². The molecule has 1 amide bonds. The predicted molar refractivity (Wildman–Crippen MR) is 86.1 cm³/mol. The summed E-state index contributed by atoms with van der Waals surface area (Å²) in [5.41, 5.74) is 1.26. The molecule has 0 bridgehead atoms. The van der Waals surface area contributed by atoms with E-state index in [1.807, 2.05) is 35.2 Å². The van der Waals surface area contributed by atoms with Crippen molar-refractivity contribution in [3.05, 3.63) is 47.6 Å². The zero-order chi connectivity index (χ0) is 16.4. The summed E-state index contributed by atoms with van der Waals surface area (Å²) in [6.07, 6.45) is 3.15. The van der Waals surface area contributed by atoms with Gasteiger partial charge < -0.3 is 14.2 Å². The Bertz CT molecular complexity index is 707. The predicted octanol–water partition coefficient (Wildman–Crippen LogP) is 2.19. The van der Waals surface area contributed by atoms with Gasteiger partial charge in [0.2, 0.25) is 11.8 Å². The normalized spacial score (nSPS) is 24.0. The summed E-state index contributed by atoms with van der Waals surface area (Å²) in [5, 5.41) is 4.04. The quantitative estimate of drug-likeness (QED) is 0.861. The van der Waals surface area contributed by atoms with E-state index in [9.17, 15) is 4.79 Å². The lowest BCUT2D eigenvalue weighted by Crippen LogP contribution is -2.46. The van der Waals surface area contributed by atoms with E-state index in [4.69, 9.17) is 9.26 Å². The van der Waals surface area contributed by atoms with Crippen molar-refractivity contribution >= 4 is 5.91 Å². The molecule has 0 unspecified atom stereocenters. The van der Waals surface area contributed by atoms with Crippen molar-refractivity contribution < 1.29 is 14.1 Å². The average molecular weight is 327 g/mol.